The van der Waals surface area contributed by atoms with E-state index in [1.807, 2.05) is 0 Å². The molecule has 0 aliphatic rings. The number of carboxylic acid groups (broad SMARTS) is 1. The van der Waals surface area contributed by atoms with E-state index in [1.54, 1.807) is 21.1 Å². The van der Waals surface area contributed by atoms with Gasteiger partial charge in [-0.25, -0.2) is 0 Å². The van der Waals surface area contributed by atoms with Gasteiger partial charge in [0, 0.05) is 19.3 Å². The Hall–Kier alpha value is -2.71. The first kappa shape index (κ1) is 53.3. The van der Waals surface area contributed by atoms with E-state index in [-0.39, 0.29) is 42.7 Å². The van der Waals surface area contributed by atoms with E-state index in [0.29, 0.717) is 12.8 Å². The fraction of sp³-hybridized carbons (Fsp3) is 0.771. The van der Waals surface area contributed by atoms with E-state index in [1.165, 1.54) is 89.9 Å². The minimum Gasteiger partial charge on any atom is -0.544 e. The van der Waals surface area contributed by atoms with Crippen LogP contribution in [0.4, 0.5) is 0 Å². The number of aliphatic carboxylic acids is 1. The number of hydrogen-bond donors (Lipinski definition) is 0. The largest absolute Gasteiger partial charge is 0.544 e. The monoisotopic (exact) mass is 788 g/mol. The van der Waals surface area contributed by atoms with E-state index < -0.39 is 18.1 Å². The van der Waals surface area contributed by atoms with Crippen LogP contribution in [0.25, 0.3) is 0 Å². The molecule has 0 rings (SSSR count). The molecule has 2 atom stereocenters. The van der Waals surface area contributed by atoms with Crippen molar-refractivity contribution in [2.45, 2.75) is 199 Å². The Labute approximate surface area is 344 Å². The number of allylic oxidation sites excluding steroid dienone is 8. The average Bonchev–Trinajstić information content (AvgIpc) is 3.15. The van der Waals surface area contributed by atoms with Crippen molar-refractivity contribution in [2.24, 2.45) is 0 Å². The summed E-state index contributed by atoms with van der Waals surface area (Å²) < 4.78 is 17.1. The molecule has 0 aromatic rings. The predicted octanol–water partition coefficient (Wildman–Crippen LogP) is 11.1. The summed E-state index contributed by atoms with van der Waals surface area (Å²) in [5.41, 5.74) is 0. The second-order valence-electron chi connectivity index (χ2n) is 16.3. The van der Waals surface area contributed by atoms with Crippen LogP contribution in [0, 0.1) is 0 Å². The number of quaternary nitrogens is 1. The highest BCUT2D eigenvalue weighted by atomic mass is 16.6. The van der Waals surface area contributed by atoms with Gasteiger partial charge in [-0.15, -0.1) is 0 Å². The summed E-state index contributed by atoms with van der Waals surface area (Å²) in [6, 6.07) is -0.725. The third-order valence-corrected chi connectivity index (χ3v) is 9.98. The van der Waals surface area contributed by atoms with Crippen LogP contribution in [0.15, 0.2) is 48.6 Å². The lowest BCUT2D eigenvalue weighted by Crippen LogP contribution is -2.55. The third-order valence-electron chi connectivity index (χ3n) is 9.98. The van der Waals surface area contributed by atoms with Gasteiger partial charge < -0.3 is 28.6 Å². The van der Waals surface area contributed by atoms with Gasteiger partial charge >= 0.3 is 11.9 Å². The Kier molecular flexibility index (Phi) is 37.2. The van der Waals surface area contributed by atoms with Gasteiger partial charge in [0.2, 0.25) is 0 Å². The second kappa shape index (κ2) is 39.1. The van der Waals surface area contributed by atoms with Crippen LogP contribution in [0.3, 0.4) is 0 Å². The summed E-state index contributed by atoms with van der Waals surface area (Å²) in [7, 11) is 5.40. The van der Waals surface area contributed by atoms with E-state index in [4.69, 9.17) is 14.2 Å². The first-order valence-corrected chi connectivity index (χ1v) is 22.7. The van der Waals surface area contributed by atoms with Crippen molar-refractivity contribution < 1.29 is 38.2 Å². The Bertz CT molecular complexity index is 1060. The number of likely N-dealkylation sites (N-methyl/N-ethyl adjacent to an activating group) is 1. The lowest BCUT2D eigenvalue weighted by Gasteiger charge is -2.34. The summed E-state index contributed by atoms with van der Waals surface area (Å²) in [6.45, 7) is 4.53. The summed E-state index contributed by atoms with van der Waals surface area (Å²) in [5.74, 6) is -1.74. The van der Waals surface area contributed by atoms with Crippen LogP contribution in [-0.2, 0) is 28.6 Å². The molecule has 0 amide bonds. The van der Waals surface area contributed by atoms with E-state index in [0.717, 1.165) is 64.2 Å². The molecular weight excluding hydrogens is 703 g/mol. The topological polar surface area (TPSA) is 102 Å². The molecule has 0 aliphatic carbocycles. The fourth-order valence-corrected chi connectivity index (χ4v) is 6.47. The number of hydrogen-bond acceptors (Lipinski definition) is 7. The first-order chi connectivity index (χ1) is 27.1. The van der Waals surface area contributed by atoms with Gasteiger partial charge in [0.25, 0.3) is 0 Å². The molecule has 0 saturated heterocycles. The molecule has 0 fully saturated rings. The molecule has 2 unspecified atom stereocenters. The van der Waals surface area contributed by atoms with Crippen LogP contribution in [-0.4, -0.2) is 75.5 Å². The summed E-state index contributed by atoms with van der Waals surface area (Å²) in [6.07, 6.45) is 45.7. The van der Waals surface area contributed by atoms with Gasteiger partial charge in [0.05, 0.1) is 40.3 Å². The Balaban J connectivity index is 4.21. The van der Waals surface area contributed by atoms with Gasteiger partial charge in [0.15, 0.2) is 6.10 Å². The summed E-state index contributed by atoms with van der Waals surface area (Å²) in [5, 5.41) is 11.6. The number of unbranched alkanes of at least 4 members (excludes halogenated alkanes) is 18. The molecule has 0 aliphatic heterocycles. The normalized spacial score (nSPS) is 13.4. The van der Waals surface area contributed by atoms with Crippen molar-refractivity contribution in [2.75, 3.05) is 41.0 Å². The highest BCUT2D eigenvalue weighted by Gasteiger charge is 2.25. The van der Waals surface area contributed by atoms with Gasteiger partial charge in [-0.3, -0.25) is 9.59 Å². The molecule has 8 heteroatoms. The number of carboxylic acids is 1. The second-order valence-corrected chi connectivity index (χ2v) is 16.3. The van der Waals surface area contributed by atoms with Crippen LogP contribution < -0.4 is 5.11 Å². The van der Waals surface area contributed by atoms with Crippen LogP contribution in [0.5, 0.6) is 0 Å². The van der Waals surface area contributed by atoms with Crippen LogP contribution >= 0.6 is 0 Å². The van der Waals surface area contributed by atoms with Gasteiger partial charge in [0.1, 0.15) is 12.6 Å². The highest BCUT2D eigenvalue weighted by molar-refractivity contribution is 5.70. The Morgan fingerprint density at radius 3 is 1.48 bits per heavy atom. The van der Waals surface area contributed by atoms with Crippen molar-refractivity contribution in [1.82, 2.24) is 0 Å². The smallest absolute Gasteiger partial charge is 0.306 e. The van der Waals surface area contributed by atoms with Crippen molar-refractivity contribution in [3.8, 4) is 0 Å². The average molecular weight is 788 g/mol. The number of nitrogens with zero attached hydrogens (tertiary/aromatic N) is 1. The van der Waals surface area contributed by atoms with Crippen LogP contribution in [0.2, 0.25) is 0 Å². The molecule has 0 heterocycles. The number of esters is 2. The number of ether oxygens (including phenoxy) is 3. The number of carbonyl (C=O) groups is 3. The molecule has 0 radical (unpaired) electrons. The van der Waals surface area contributed by atoms with Crippen LogP contribution in [0.1, 0.15) is 187 Å². The molecular formula is C48H85NO7. The molecule has 324 valence electrons. The van der Waals surface area contributed by atoms with Crippen molar-refractivity contribution in [3.63, 3.8) is 0 Å². The minimum atomic E-state index is -1.13. The Morgan fingerprint density at radius 1 is 0.554 bits per heavy atom. The van der Waals surface area contributed by atoms with E-state index in [9.17, 15) is 19.5 Å². The standard InChI is InChI=1S/C48H85NO7/c1-6-8-10-12-14-16-17-18-19-20-21-22-23-24-25-26-27-28-29-31-33-35-37-39-47(51)56-44(42-54-41-40-45(48(52)53)49(3,4)5)43-55-46(50)38-36-34-32-30-15-13-11-9-7-2/h8,10,14,16,18-19,21-22,44-45H,6-7,9,11-13,15,17,20,23-43H2,1-5H3/b10-8-,16-14-,19-18-,22-21-. The van der Waals surface area contributed by atoms with Crippen molar-refractivity contribution in [3.05, 3.63) is 48.6 Å². The quantitative estimate of drug-likeness (QED) is 0.0264. The molecule has 0 saturated carbocycles. The molecule has 0 aromatic heterocycles. The Morgan fingerprint density at radius 2 is 1.00 bits per heavy atom. The molecule has 0 spiro atoms. The summed E-state index contributed by atoms with van der Waals surface area (Å²) in [4.78, 5) is 36.8. The SMILES string of the molecule is CC/C=C\C/C=C\C/C=C\C/C=C\CCCCCCCCCCCCC(=O)OC(COCCC(C(=O)[O-])[N+](C)(C)C)COC(=O)CCCCCCCCCCC. The lowest BCUT2D eigenvalue weighted by molar-refractivity contribution is -0.889. The fourth-order valence-electron chi connectivity index (χ4n) is 6.47. The molecule has 56 heavy (non-hydrogen) atoms. The van der Waals surface area contributed by atoms with E-state index in [2.05, 4.69) is 62.5 Å². The zero-order valence-corrected chi connectivity index (χ0v) is 36.8. The van der Waals surface area contributed by atoms with Gasteiger partial charge in [-0.1, -0.05) is 165 Å². The molecule has 8 nitrogen and oxygen atoms in total. The van der Waals surface area contributed by atoms with Crippen molar-refractivity contribution >= 4 is 17.9 Å². The zero-order chi connectivity index (χ0) is 41.4. The predicted molar refractivity (Wildman–Crippen MR) is 231 cm³/mol. The molecule has 0 N–H and O–H groups in total. The van der Waals surface area contributed by atoms with E-state index >= 15 is 0 Å². The van der Waals surface area contributed by atoms with Crippen molar-refractivity contribution in [1.29, 1.82) is 0 Å². The maximum absolute atomic E-state index is 12.7. The lowest BCUT2D eigenvalue weighted by atomic mass is 10.0. The highest BCUT2D eigenvalue weighted by Crippen LogP contribution is 2.14. The minimum absolute atomic E-state index is 0.0401. The molecule has 0 bridgehead atoms. The zero-order valence-electron chi connectivity index (χ0n) is 36.8. The maximum Gasteiger partial charge on any atom is 0.306 e. The number of rotatable bonds is 40. The van der Waals surface area contributed by atoms with Gasteiger partial charge in [-0.2, -0.15) is 0 Å². The van der Waals surface area contributed by atoms with Gasteiger partial charge in [-0.05, 0) is 51.4 Å². The number of carbonyl (C=O) groups excluding carboxylic acids is 3. The maximum atomic E-state index is 12.7. The molecule has 0 aromatic carbocycles. The first-order valence-electron chi connectivity index (χ1n) is 22.7. The summed E-state index contributed by atoms with van der Waals surface area (Å²) >= 11 is 0. The third kappa shape index (κ3) is 36.9.